The summed E-state index contributed by atoms with van der Waals surface area (Å²) in [7, 11) is 0. The number of hydrogen-bond donors (Lipinski definition) is 1. The van der Waals surface area contributed by atoms with Crippen LogP contribution in [0.2, 0.25) is 0 Å². The summed E-state index contributed by atoms with van der Waals surface area (Å²) < 4.78 is 5.50. The normalized spacial score (nSPS) is 24.8. The SMILES string of the molecule is O=C1NC(=O)C2(CCC2)C(=O)N1CCCOCC1CC1. The standard InChI is InChI=1S/C14H20N2O4/c17-11-14(5-1-6-14)12(18)16(13(19)15-11)7-2-8-20-9-10-3-4-10/h10H,1-9H2,(H,15,17,19). The van der Waals surface area contributed by atoms with Crippen LogP contribution >= 0.6 is 0 Å². The van der Waals surface area contributed by atoms with Gasteiger partial charge in [0.1, 0.15) is 5.41 Å². The Balaban J connectivity index is 1.50. The van der Waals surface area contributed by atoms with Crippen LogP contribution in [0.4, 0.5) is 4.79 Å². The molecule has 1 N–H and O–H groups in total. The molecule has 0 aromatic heterocycles. The lowest BCUT2D eigenvalue weighted by Gasteiger charge is -2.44. The van der Waals surface area contributed by atoms with Gasteiger partial charge in [-0.2, -0.15) is 0 Å². The van der Waals surface area contributed by atoms with Gasteiger partial charge in [-0.3, -0.25) is 19.8 Å². The Labute approximate surface area is 117 Å². The highest BCUT2D eigenvalue weighted by Gasteiger charge is 2.57. The quantitative estimate of drug-likeness (QED) is 0.583. The van der Waals surface area contributed by atoms with E-state index in [0.717, 1.165) is 13.0 Å². The summed E-state index contributed by atoms with van der Waals surface area (Å²) in [4.78, 5) is 37.1. The molecule has 20 heavy (non-hydrogen) atoms. The number of imide groups is 2. The molecule has 0 atom stereocenters. The molecular formula is C14H20N2O4. The molecule has 6 heteroatoms. The summed E-state index contributed by atoms with van der Waals surface area (Å²) in [5, 5.41) is 2.31. The van der Waals surface area contributed by atoms with Gasteiger partial charge in [0.05, 0.1) is 0 Å². The highest BCUT2D eigenvalue weighted by atomic mass is 16.5. The first-order chi connectivity index (χ1) is 9.63. The van der Waals surface area contributed by atoms with Crippen molar-refractivity contribution in [1.82, 2.24) is 10.2 Å². The van der Waals surface area contributed by atoms with Gasteiger partial charge in [0.25, 0.3) is 0 Å². The largest absolute Gasteiger partial charge is 0.381 e. The van der Waals surface area contributed by atoms with Crippen LogP contribution in [0.1, 0.15) is 38.5 Å². The first-order valence-corrected chi connectivity index (χ1v) is 7.39. The van der Waals surface area contributed by atoms with Crippen LogP contribution in [-0.2, 0) is 14.3 Å². The number of hydrogen-bond acceptors (Lipinski definition) is 4. The van der Waals surface area contributed by atoms with Crippen LogP contribution in [-0.4, -0.2) is 42.5 Å². The van der Waals surface area contributed by atoms with Crippen LogP contribution < -0.4 is 5.32 Å². The zero-order valence-corrected chi connectivity index (χ0v) is 11.5. The maximum Gasteiger partial charge on any atom is 0.330 e. The molecule has 1 heterocycles. The minimum absolute atomic E-state index is 0.320. The molecular weight excluding hydrogens is 260 g/mol. The van der Waals surface area contributed by atoms with Crippen LogP contribution in [0.5, 0.6) is 0 Å². The van der Waals surface area contributed by atoms with Gasteiger partial charge in [0.2, 0.25) is 11.8 Å². The lowest BCUT2D eigenvalue weighted by molar-refractivity contribution is -0.157. The number of carbonyl (C=O) groups excluding carboxylic acids is 3. The summed E-state index contributed by atoms with van der Waals surface area (Å²) in [6.45, 7) is 1.65. The van der Waals surface area contributed by atoms with Gasteiger partial charge in [-0.25, -0.2) is 4.79 Å². The second-order valence-corrected chi connectivity index (χ2v) is 6.02. The van der Waals surface area contributed by atoms with Crippen LogP contribution in [0.25, 0.3) is 0 Å². The molecule has 1 aliphatic heterocycles. The molecule has 6 nitrogen and oxygen atoms in total. The molecule has 3 fully saturated rings. The molecule has 0 unspecified atom stereocenters. The van der Waals surface area contributed by atoms with Gasteiger partial charge in [-0.1, -0.05) is 6.42 Å². The number of ether oxygens (including phenoxy) is 1. The van der Waals surface area contributed by atoms with Gasteiger partial charge in [0, 0.05) is 19.8 Å². The average Bonchev–Trinajstić information content (AvgIpc) is 3.14. The summed E-state index contributed by atoms with van der Waals surface area (Å²) in [5.74, 6) is -0.0227. The number of nitrogens with one attached hydrogen (secondary N) is 1. The monoisotopic (exact) mass is 280 g/mol. The van der Waals surface area contributed by atoms with E-state index in [1.807, 2.05) is 0 Å². The number of amides is 4. The van der Waals surface area contributed by atoms with E-state index in [2.05, 4.69) is 5.32 Å². The number of rotatable bonds is 6. The maximum atomic E-state index is 12.3. The van der Waals surface area contributed by atoms with E-state index < -0.39 is 17.4 Å². The molecule has 2 aliphatic carbocycles. The minimum atomic E-state index is -0.956. The second-order valence-electron chi connectivity index (χ2n) is 6.02. The molecule has 4 amide bonds. The minimum Gasteiger partial charge on any atom is -0.381 e. The van der Waals surface area contributed by atoms with E-state index in [0.29, 0.717) is 38.3 Å². The van der Waals surface area contributed by atoms with E-state index in [4.69, 9.17) is 4.74 Å². The predicted octanol–water partition coefficient (Wildman–Crippen LogP) is 1.05. The number of barbiturate groups is 1. The molecule has 2 saturated carbocycles. The van der Waals surface area contributed by atoms with Crippen molar-refractivity contribution in [3.8, 4) is 0 Å². The molecule has 3 aliphatic rings. The third-order valence-corrected chi connectivity index (χ3v) is 4.48. The summed E-state index contributed by atoms with van der Waals surface area (Å²) in [6, 6.07) is -0.584. The van der Waals surface area contributed by atoms with E-state index in [9.17, 15) is 14.4 Å². The molecule has 0 radical (unpaired) electrons. The van der Waals surface area contributed by atoms with Crippen molar-refractivity contribution < 1.29 is 19.1 Å². The fourth-order valence-electron chi connectivity index (χ4n) is 2.77. The molecule has 0 bridgehead atoms. The van der Waals surface area contributed by atoms with Crippen LogP contribution in [0.15, 0.2) is 0 Å². The summed E-state index contributed by atoms with van der Waals surface area (Å²) in [5.41, 5.74) is -0.956. The van der Waals surface area contributed by atoms with Crippen molar-refractivity contribution >= 4 is 17.8 Å². The number of nitrogens with zero attached hydrogens (tertiary/aromatic N) is 1. The zero-order chi connectivity index (χ0) is 14.2. The first kappa shape index (κ1) is 13.5. The van der Waals surface area contributed by atoms with Crippen molar-refractivity contribution in [3.05, 3.63) is 0 Å². The summed E-state index contributed by atoms with van der Waals surface area (Å²) in [6.07, 6.45) is 5.09. The van der Waals surface area contributed by atoms with Crippen LogP contribution in [0.3, 0.4) is 0 Å². The Kier molecular flexibility index (Phi) is 3.50. The van der Waals surface area contributed by atoms with E-state index in [-0.39, 0.29) is 5.91 Å². The van der Waals surface area contributed by atoms with Crippen molar-refractivity contribution in [3.63, 3.8) is 0 Å². The molecule has 110 valence electrons. The topological polar surface area (TPSA) is 75.7 Å². The van der Waals surface area contributed by atoms with Gasteiger partial charge in [0.15, 0.2) is 0 Å². The molecule has 0 aromatic rings. The lowest BCUT2D eigenvalue weighted by Crippen LogP contribution is -2.66. The maximum absolute atomic E-state index is 12.3. The Morgan fingerprint density at radius 1 is 1.25 bits per heavy atom. The second kappa shape index (κ2) is 5.16. The van der Waals surface area contributed by atoms with E-state index in [1.165, 1.54) is 17.7 Å². The average molecular weight is 280 g/mol. The third-order valence-electron chi connectivity index (χ3n) is 4.48. The number of carbonyl (C=O) groups is 3. The summed E-state index contributed by atoms with van der Waals surface area (Å²) >= 11 is 0. The number of urea groups is 1. The van der Waals surface area contributed by atoms with Crippen molar-refractivity contribution in [2.24, 2.45) is 11.3 Å². The highest BCUT2D eigenvalue weighted by molar-refractivity contribution is 6.19. The van der Waals surface area contributed by atoms with Gasteiger partial charge < -0.3 is 4.74 Å². The van der Waals surface area contributed by atoms with Crippen molar-refractivity contribution in [1.29, 1.82) is 0 Å². The van der Waals surface area contributed by atoms with E-state index >= 15 is 0 Å². The van der Waals surface area contributed by atoms with Crippen molar-refractivity contribution in [2.45, 2.75) is 38.5 Å². The Morgan fingerprint density at radius 3 is 2.60 bits per heavy atom. The first-order valence-electron chi connectivity index (χ1n) is 7.39. The zero-order valence-electron chi connectivity index (χ0n) is 11.5. The molecule has 1 spiro atoms. The van der Waals surface area contributed by atoms with Crippen LogP contribution in [0, 0.1) is 11.3 Å². The molecule has 0 aromatic carbocycles. The highest BCUT2D eigenvalue weighted by Crippen LogP contribution is 2.44. The van der Waals surface area contributed by atoms with Gasteiger partial charge >= 0.3 is 6.03 Å². The predicted molar refractivity (Wildman–Crippen MR) is 69.7 cm³/mol. The van der Waals surface area contributed by atoms with Gasteiger partial charge in [-0.05, 0) is 38.0 Å². The third kappa shape index (κ3) is 2.32. The Hall–Kier alpha value is -1.43. The van der Waals surface area contributed by atoms with E-state index in [1.54, 1.807) is 0 Å². The van der Waals surface area contributed by atoms with Gasteiger partial charge in [-0.15, -0.1) is 0 Å². The molecule has 1 saturated heterocycles. The lowest BCUT2D eigenvalue weighted by atomic mass is 9.66. The van der Waals surface area contributed by atoms with Crippen molar-refractivity contribution in [2.75, 3.05) is 19.8 Å². The smallest absolute Gasteiger partial charge is 0.330 e. The Morgan fingerprint density at radius 2 is 2.00 bits per heavy atom. The Bertz CT molecular complexity index is 440. The molecule has 3 rings (SSSR count). The fraction of sp³-hybridized carbons (Fsp3) is 0.786. The fourth-order valence-corrected chi connectivity index (χ4v) is 2.77.